The van der Waals surface area contributed by atoms with E-state index in [4.69, 9.17) is 0 Å². The molecule has 0 aliphatic heterocycles. The molecule has 1 unspecified atom stereocenters. The highest BCUT2D eigenvalue weighted by Crippen LogP contribution is 2.23. The van der Waals surface area contributed by atoms with Crippen molar-refractivity contribution in [3.63, 3.8) is 0 Å². The normalized spacial score (nSPS) is 12.6. The summed E-state index contributed by atoms with van der Waals surface area (Å²) in [5, 5.41) is 12.5. The van der Waals surface area contributed by atoms with Gasteiger partial charge in [0.15, 0.2) is 0 Å². The van der Waals surface area contributed by atoms with E-state index in [1.54, 1.807) is 6.92 Å². The van der Waals surface area contributed by atoms with Gasteiger partial charge in [0.2, 0.25) is 0 Å². The van der Waals surface area contributed by atoms with Gasteiger partial charge < -0.3 is 15.3 Å². The van der Waals surface area contributed by atoms with Crippen LogP contribution in [0, 0.1) is 0 Å². The molecule has 1 aromatic carbocycles. The van der Waals surface area contributed by atoms with Crippen molar-refractivity contribution in [2.45, 2.75) is 19.6 Å². The van der Waals surface area contributed by atoms with Gasteiger partial charge in [0.05, 0.1) is 6.10 Å². The summed E-state index contributed by atoms with van der Waals surface area (Å²) in [5.41, 5.74) is 2.34. The average Bonchev–Trinajstić information content (AvgIpc) is 2.20. The van der Waals surface area contributed by atoms with E-state index in [9.17, 15) is 5.11 Å². The van der Waals surface area contributed by atoms with Crippen LogP contribution in [0.3, 0.4) is 0 Å². The Labute approximate surface area is 106 Å². The molecule has 0 saturated heterocycles. The van der Waals surface area contributed by atoms with Gasteiger partial charge in [-0.2, -0.15) is 0 Å². The number of hydrogen-bond donors (Lipinski definition) is 2. The summed E-state index contributed by atoms with van der Waals surface area (Å²) in [5.74, 6) is 0. The molecule has 1 atom stereocenters. The van der Waals surface area contributed by atoms with Crippen LogP contribution in [0.5, 0.6) is 0 Å². The van der Waals surface area contributed by atoms with Crippen molar-refractivity contribution in [3.05, 3.63) is 28.2 Å². The first-order valence-electron chi connectivity index (χ1n) is 5.36. The average molecular weight is 287 g/mol. The molecule has 90 valence electrons. The van der Waals surface area contributed by atoms with Crippen LogP contribution in [0.2, 0.25) is 0 Å². The fourth-order valence-electron chi connectivity index (χ4n) is 1.61. The molecule has 0 aromatic heterocycles. The molecule has 0 spiro atoms. The van der Waals surface area contributed by atoms with Gasteiger partial charge in [0, 0.05) is 30.3 Å². The number of halogens is 1. The number of aliphatic hydroxyl groups is 1. The Morgan fingerprint density at radius 2 is 2.19 bits per heavy atom. The number of aliphatic hydroxyl groups excluding tert-OH is 1. The van der Waals surface area contributed by atoms with Gasteiger partial charge in [-0.3, -0.25) is 0 Å². The van der Waals surface area contributed by atoms with Gasteiger partial charge >= 0.3 is 0 Å². The standard InChI is InChI=1S/C12H19BrN2O/c1-9(16)8-15(3)11-5-4-10(7-14-2)12(13)6-11/h4-6,9,14,16H,7-8H2,1-3H3. The number of hydrogen-bond acceptors (Lipinski definition) is 3. The summed E-state index contributed by atoms with van der Waals surface area (Å²) < 4.78 is 1.09. The first-order valence-corrected chi connectivity index (χ1v) is 6.16. The molecule has 3 nitrogen and oxygen atoms in total. The molecular weight excluding hydrogens is 268 g/mol. The molecule has 0 saturated carbocycles. The maximum Gasteiger partial charge on any atom is 0.0686 e. The maximum atomic E-state index is 9.33. The van der Waals surface area contributed by atoms with Crippen LogP contribution in [0.15, 0.2) is 22.7 Å². The Hall–Kier alpha value is -0.580. The maximum absolute atomic E-state index is 9.33. The zero-order valence-corrected chi connectivity index (χ0v) is 11.6. The molecule has 16 heavy (non-hydrogen) atoms. The van der Waals surface area contributed by atoms with E-state index < -0.39 is 0 Å². The molecule has 1 rings (SSSR count). The largest absolute Gasteiger partial charge is 0.392 e. The van der Waals surface area contributed by atoms with Crippen LogP contribution in [-0.4, -0.2) is 31.9 Å². The fraction of sp³-hybridized carbons (Fsp3) is 0.500. The van der Waals surface area contributed by atoms with E-state index in [0.717, 1.165) is 16.7 Å². The minimum absolute atomic E-state index is 0.319. The Kier molecular flexibility index (Phi) is 5.25. The summed E-state index contributed by atoms with van der Waals surface area (Å²) in [7, 11) is 3.91. The van der Waals surface area contributed by atoms with Gasteiger partial charge in [-0.25, -0.2) is 0 Å². The molecule has 2 N–H and O–H groups in total. The molecule has 0 bridgehead atoms. The summed E-state index contributed by atoms with van der Waals surface area (Å²) in [6, 6.07) is 6.24. The van der Waals surface area contributed by atoms with E-state index >= 15 is 0 Å². The van der Waals surface area contributed by atoms with E-state index in [0.29, 0.717) is 6.54 Å². The van der Waals surface area contributed by atoms with E-state index in [2.05, 4.69) is 39.4 Å². The second-order valence-electron chi connectivity index (χ2n) is 4.04. The Balaban J connectivity index is 2.79. The Morgan fingerprint density at radius 1 is 1.50 bits per heavy atom. The lowest BCUT2D eigenvalue weighted by Gasteiger charge is -2.21. The molecule has 0 fully saturated rings. The number of anilines is 1. The smallest absolute Gasteiger partial charge is 0.0686 e. The minimum Gasteiger partial charge on any atom is -0.392 e. The highest BCUT2D eigenvalue weighted by molar-refractivity contribution is 9.10. The van der Waals surface area contributed by atoms with Crippen molar-refractivity contribution in [2.24, 2.45) is 0 Å². The number of nitrogens with one attached hydrogen (secondary N) is 1. The Morgan fingerprint density at radius 3 is 2.69 bits per heavy atom. The molecule has 0 aliphatic carbocycles. The number of rotatable bonds is 5. The number of nitrogens with zero attached hydrogens (tertiary/aromatic N) is 1. The van der Waals surface area contributed by atoms with Crippen molar-refractivity contribution >= 4 is 21.6 Å². The van der Waals surface area contributed by atoms with Gasteiger partial charge in [-0.15, -0.1) is 0 Å². The lowest BCUT2D eigenvalue weighted by molar-refractivity contribution is 0.201. The van der Waals surface area contributed by atoms with Crippen LogP contribution in [-0.2, 0) is 6.54 Å². The zero-order valence-electron chi connectivity index (χ0n) is 10.00. The topological polar surface area (TPSA) is 35.5 Å². The fourth-order valence-corrected chi connectivity index (χ4v) is 2.12. The van der Waals surface area contributed by atoms with Crippen LogP contribution in [0.1, 0.15) is 12.5 Å². The highest BCUT2D eigenvalue weighted by Gasteiger charge is 2.06. The van der Waals surface area contributed by atoms with Crippen molar-refractivity contribution < 1.29 is 5.11 Å². The molecule has 0 radical (unpaired) electrons. The molecule has 4 heteroatoms. The predicted octanol–water partition coefficient (Wildman–Crippen LogP) is 1.99. The molecule has 0 aliphatic rings. The summed E-state index contributed by atoms with van der Waals surface area (Å²) in [6.45, 7) is 3.28. The molecule has 0 amide bonds. The van der Waals surface area contributed by atoms with Crippen LogP contribution < -0.4 is 10.2 Å². The predicted molar refractivity (Wildman–Crippen MR) is 71.9 cm³/mol. The summed E-state index contributed by atoms with van der Waals surface area (Å²) in [6.07, 6.45) is -0.319. The number of likely N-dealkylation sites (N-methyl/N-ethyl adjacent to an activating group) is 1. The molecule has 0 heterocycles. The first kappa shape index (κ1) is 13.5. The van der Waals surface area contributed by atoms with Crippen LogP contribution in [0.4, 0.5) is 5.69 Å². The van der Waals surface area contributed by atoms with Crippen LogP contribution in [0.25, 0.3) is 0 Å². The van der Waals surface area contributed by atoms with E-state index in [-0.39, 0.29) is 6.10 Å². The van der Waals surface area contributed by atoms with Gasteiger partial charge in [-0.1, -0.05) is 22.0 Å². The van der Waals surface area contributed by atoms with Crippen molar-refractivity contribution in [1.82, 2.24) is 5.32 Å². The lowest BCUT2D eigenvalue weighted by atomic mass is 10.2. The third-order valence-electron chi connectivity index (χ3n) is 2.38. The SMILES string of the molecule is CNCc1ccc(N(C)CC(C)O)cc1Br. The highest BCUT2D eigenvalue weighted by atomic mass is 79.9. The second kappa shape index (κ2) is 6.23. The zero-order chi connectivity index (χ0) is 12.1. The van der Waals surface area contributed by atoms with Gasteiger partial charge in [0.1, 0.15) is 0 Å². The number of benzene rings is 1. The monoisotopic (exact) mass is 286 g/mol. The van der Waals surface area contributed by atoms with E-state index in [1.807, 2.05) is 19.0 Å². The van der Waals surface area contributed by atoms with E-state index in [1.165, 1.54) is 5.56 Å². The quantitative estimate of drug-likeness (QED) is 0.869. The van der Waals surface area contributed by atoms with Crippen molar-refractivity contribution in [2.75, 3.05) is 25.5 Å². The second-order valence-corrected chi connectivity index (χ2v) is 4.89. The molecular formula is C12H19BrN2O. The first-order chi connectivity index (χ1) is 7.54. The lowest BCUT2D eigenvalue weighted by Crippen LogP contribution is -2.26. The third kappa shape index (κ3) is 3.77. The van der Waals surface area contributed by atoms with Crippen LogP contribution >= 0.6 is 15.9 Å². The van der Waals surface area contributed by atoms with Gasteiger partial charge in [-0.05, 0) is 31.7 Å². The summed E-state index contributed by atoms with van der Waals surface area (Å²) >= 11 is 3.55. The minimum atomic E-state index is -0.319. The van der Waals surface area contributed by atoms with Crippen molar-refractivity contribution in [3.8, 4) is 0 Å². The van der Waals surface area contributed by atoms with Crippen molar-refractivity contribution in [1.29, 1.82) is 0 Å². The molecule has 1 aromatic rings. The third-order valence-corrected chi connectivity index (χ3v) is 3.12. The summed E-state index contributed by atoms with van der Waals surface area (Å²) in [4.78, 5) is 2.04. The Bertz CT molecular complexity index is 342. The van der Waals surface area contributed by atoms with Gasteiger partial charge in [0.25, 0.3) is 0 Å².